The van der Waals surface area contributed by atoms with Gasteiger partial charge in [0, 0.05) is 6.54 Å². The quantitative estimate of drug-likeness (QED) is 0.760. The standard InChI is InChI=1S/C12H15N3O2/c13-6-9-1-2-12(11(14)5-9)15-7-10-8-16-3-4-17-10/h1-2,5,10,15H,3-4,7-8,14H2. The topological polar surface area (TPSA) is 80.3 Å². The molecule has 1 unspecified atom stereocenters. The molecule has 90 valence electrons. The van der Waals surface area contributed by atoms with Gasteiger partial charge < -0.3 is 20.5 Å². The Hall–Kier alpha value is -1.77. The molecule has 1 aromatic carbocycles. The Kier molecular flexibility index (Phi) is 3.81. The average Bonchev–Trinajstić information content (AvgIpc) is 2.38. The number of hydrogen-bond donors (Lipinski definition) is 2. The monoisotopic (exact) mass is 233 g/mol. The van der Waals surface area contributed by atoms with Crippen LogP contribution in [0.25, 0.3) is 0 Å². The molecule has 0 spiro atoms. The van der Waals surface area contributed by atoms with Crippen molar-refractivity contribution in [3.63, 3.8) is 0 Å². The molecule has 0 saturated carbocycles. The van der Waals surface area contributed by atoms with Crippen molar-refractivity contribution < 1.29 is 9.47 Å². The summed E-state index contributed by atoms with van der Waals surface area (Å²) in [5, 5.41) is 11.9. The molecule has 5 heteroatoms. The van der Waals surface area contributed by atoms with Gasteiger partial charge in [0.1, 0.15) is 0 Å². The SMILES string of the molecule is N#Cc1ccc(NCC2COCCO2)c(N)c1. The van der Waals surface area contributed by atoms with E-state index in [0.717, 1.165) is 5.69 Å². The molecule has 0 radical (unpaired) electrons. The van der Waals surface area contributed by atoms with E-state index in [0.29, 0.717) is 37.6 Å². The van der Waals surface area contributed by atoms with Crippen molar-refractivity contribution in [2.45, 2.75) is 6.10 Å². The molecule has 0 aliphatic carbocycles. The Bertz CT molecular complexity index is 422. The van der Waals surface area contributed by atoms with E-state index in [4.69, 9.17) is 20.5 Å². The summed E-state index contributed by atoms with van der Waals surface area (Å²) in [6.07, 6.45) is 0.0544. The first kappa shape index (κ1) is 11.7. The van der Waals surface area contributed by atoms with E-state index in [-0.39, 0.29) is 6.10 Å². The van der Waals surface area contributed by atoms with E-state index in [1.54, 1.807) is 18.2 Å². The summed E-state index contributed by atoms with van der Waals surface area (Å²) >= 11 is 0. The number of ether oxygens (including phenoxy) is 2. The van der Waals surface area contributed by atoms with Crippen LogP contribution in [0.15, 0.2) is 18.2 Å². The first-order valence-electron chi connectivity index (χ1n) is 5.52. The summed E-state index contributed by atoms with van der Waals surface area (Å²) in [5.41, 5.74) is 7.78. The summed E-state index contributed by atoms with van der Waals surface area (Å²) < 4.78 is 10.8. The molecule has 0 aromatic heterocycles. The number of benzene rings is 1. The lowest BCUT2D eigenvalue weighted by Gasteiger charge is -2.23. The third-order valence-electron chi connectivity index (χ3n) is 2.59. The zero-order valence-electron chi connectivity index (χ0n) is 9.48. The minimum Gasteiger partial charge on any atom is -0.397 e. The van der Waals surface area contributed by atoms with Crippen LogP contribution in [0.4, 0.5) is 11.4 Å². The van der Waals surface area contributed by atoms with Gasteiger partial charge in [0.25, 0.3) is 0 Å². The van der Waals surface area contributed by atoms with Gasteiger partial charge in [-0.15, -0.1) is 0 Å². The molecule has 1 atom stereocenters. The zero-order valence-corrected chi connectivity index (χ0v) is 9.48. The lowest BCUT2D eigenvalue weighted by Crippen LogP contribution is -2.34. The molecule has 1 aliphatic heterocycles. The Morgan fingerprint density at radius 2 is 2.35 bits per heavy atom. The summed E-state index contributed by atoms with van der Waals surface area (Å²) in [5.74, 6) is 0. The molecule has 1 fully saturated rings. The van der Waals surface area contributed by atoms with Crippen molar-refractivity contribution in [1.29, 1.82) is 5.26 Å². The van der Waals surface area contributed by atoms with Crippen molar-refractivity contribution in [2.75, 3.05) is 37.4 Å². The van der Waals surface area contributed by atoms with Gasteiger partial charge in [0.15, 0.2) is 0 Å². The normalized spacial score (nSPS) is 19.6. The number of nitrogens with one attached hydrogen (secondary N) is 1. The third-order valence-corrected chi connectivity index (χ3v) is 2.59. The number of nitrogens with two attached hydrogens (primary N) is 1. The zero-order chi connectivity index (χ0) is 12.1. The lowest BCUT2D eigenvalue weighted by molar-refractivity contribution is -0.0818. The van der Waals surface area contributed by atoms with Crippen LogP contribution < -0.4 is 11.1 Å². The minimum atomic E-state index is 0.0544. The molecule has 1 saturated heterocycles. The van der Waals surface area contributed by atoms with Gasteiger partial charge >= 0.3 is 0 Å². The Morgan fingerprint density at radius 3 is 3.00 bits per heavy atom. The lowest BCUT2D eigenvalue weighted by atomic mass is 10.2. The van der Waals surface area contributed by atoms with Crippen LogP contribution in [0.1, 0.15) is 5.56 Å². The van der Waals surface area contributed by atoms with Gasteiger partial charge in [0.2, 0.25) is 0 Å². The van der Waals surface area contributed by atoms with Crippen LogP contribution in [0, 0.1) is 11.3 Å². The fourth-order valence-electron chi connectivity index (χ4n) is 1.67. The first-order valence-corrected chi connectivity index (χ1v) is 5.52. The van der Waals surface area contributed by atoms with Crippen LogP contribution >= 0.6 is 0 Å². The van der Waals surface area contributed by atoms with Gasteiger partial charge in [-0.05, 0) is 18.2 Å². The van der Waals surface area contributed by atoms with E-state index >= 15 is 0 Å². The second-order valence-electron chi connectivity index (χ2n) is 3.86. The average molecular weight is 233 g/mol. The van der Waals surface area contributed by atoms with E-state index in [2.05, 4.69) is 5.32 Å². The highest BCUT2D eigenvalue weighted by Crippen LogP contribution is 2.19. The smallest absolute Gasteiger partial charge is 0.0992 e. The van der Waals surface area contributed by atoms with Crippen LogP contribution in [-0.4, -0.2) is 32.5 Å². The van der Waals surface area contributed by atoms with Crippen LogP contribution in [0.5, 0.6) is 0 Å². The highest BCUT2D eigenvalue weighted by molar-refractivity contribution is 5.68. The third kappa shape index (κ3) is 3.09. The van der Waals surface area contributed by atoms with E-state index in [9.17, 15) is 0 Å². The number of rotatable bonds is 3. The largest absolute Gasteiger partial charge is 0.397 e. The van der Waals surface area contributed by atoms with Crippen LogP contribution in [-0.2, 0) is 9.47 Å². The van der Waals surface area contributed by atoms with Gasteiger partial charge in [-0.1, -0.05) is 0 Å². The van der Waals surface area contributed by atoms with Crippen molar-refractivity contribution >= 4 is 11.4 Å². The number of hydrogen-bond acceptors (Lipinski definition) is 5. The molecule has 3 N–H and O–H groups in total. The predicted octanol–water partition coefficient (Wildman–Crippen LogP) is 0.968. The van der Waals surface area contributed by atoms with E-state index < -0.39 is 0 Å². The maximum atomic E-state index is 8.72. The van der Waals surface area contributed by atoms with Crippen molar-refractivity contribution in [3.8, 4) is 6.07 Å². The van der Waals surface area contributed by atoms with Crippen LogP contribution in [0.3, 0.4) is 0 Å². The van der Waals surface area contributed by atoms with Gasteiger partial charge in [-0.3, -0.25) is 0 Å². The van der Waals surface area contributed by atoms with Gasteiger partial charge in [-0.25, -0.2) is 0 Å². The number of nitriles is 1. The molecular weight excluding hydrogens is 218 g/mol. The summed E-state index contributed by atoms with van der Waals surface area (Å²) in [6.45, 7) is 2.55. The molecule has 1 heterocycles. The molecule has 1 aromatic rings. The molecule has 5 nitrogen and oxygen atoms in total. The number of nitrogen functional groups attached to an aromatic ring is 1. The fraction of sp³-hybridized carbons (Fsp3) is 0.417. The van der Waals surface area contributed by atoms with Crippen molar-refractivity contribution in [3.05, 3.63) is 23.8 Å². The molecule has 17 heavy (non-hydrogen) atoms. The van der Waals surface area contributed by atoms with Crippen LogP contribution in [0.2, 0.25) is 0 Å². The van der Waals surface area contributed by atoms with Crippen molar-refractivity contribution in [2.24, 2.45) is 0 Å². The summed E-state index contributed by atoms with van der Waals surface area (Å²) in [6, 6.07) is 7.24. The molecule has 1 aliphatic rings. The summed E-state index contributed by atoms with van der Waals surface area (Å²) in [4.78, 5) is 0. The molecule has 0 amide bonds. The summed E-state index contributed by atoms with van der Waals surface area (Å²) in [7, 11) is 0. The van der Waals surface area contributed by atoms with Gasteiger partial charge in [0.05, 0.1) is 48.9 Å². The minimum absolute atomic E-state index is 0.0544. The number of anilines is 2. The molecular formula is C12H15N3O2. The first-order chi connectivity index (χ1) is 8.29. The molecule has 2 rings (SSSR count). The predicted molar refractivity (Wildman–Crippen MR) is 64.6 cm³/mol. The van der Waals surface area contributed by atoms with E-state index in [1.165, 1.54) is 0 Å². The van der Waals surface area contributed by atoms with Crippen molar-refractivity contribution in [1.82, 2.24) is 0 Å². The second-order valence-corrected chi connectivity index (χ2v) is 3.86. The highest BCUT2D eigenvalue weighted by atomic mass is 16.6. The second kappa shape index (κ2) is 5.53. The Morgan fingerprint density at radius 1 is 1.47 bits per heavy atom. The highest BCUT2D eigenvalue weighted by Gasteiger charge is 2.14. The Balaban J connectivity index is 1.92. The van der Waals surface area contributed by atoms with Gasteiger partial charge in [-0.2, -0.15) is 5.26 Å². The maximum Gasteiger partial charge on any atom is 0.0992 e. The molecule has 0 bridgehead atoms. The van der Waals surface area contributed by atoms with E-state index in [1.807, 2.05) is 6.07 Å². The Labute approximate surface area is 100 Å². The maximum absolute atomic E-state index is 8.72. The number of nitrogens with zero attached hydrogens (tertiary/aromatic N) is 1. The fourth-order valence-corrected chi connectivity index (χ4v) is 1.67.